The smallest absolute Gasteiger partial charge is 0.248 e. The molecule has 1 aliphatic heterocycles. The number of rotatable bonds is 3. The number of carbonyl (C=O) groups excluding carboxylic acids is 1. The van der Waals surface area contributed by atoms with Gasteiger partial charge < -0.3 is 10.6 Å². The highest BCUT2D eigenvalue weighted by Gasteiger charge is 2.33. The first-order valence-electron chi connectivity index (χ1n) is 6.47. The van der Waals surface area contributed by atoms with E-state index >= 15 is 0 Å². The molecule has 2 aromatic carbocycles. The third-order valence-electron chi connectivity index (χ3n) is 3.56. The van der Waals surface area contributed by atoms with Crippen LogP contribution in [0.15, 0.2) is 54.6 Å². The number of nitrogens with zero attached hydrogens (tertiary/aromatic N) is 1. The Kier molecular flexibility index (Phi) is 3.05. The van der Waals surface area contributed by atoms with E-state index in [0.717, 1.165) is 17.7 Å². The Hall–Kier alpha value is -2.13. The van der Waals surface area contributed by atoms with Crippen molar-refractivity contribution in [2.45, 2.75) is 12.5 Å². The molecule has 96 valence electrons. The van der Waals surface area contributed by atoms with Crippen molar-refractivity contribution in [3.63, 3.8) is 0 Å². The zero-order chi connectivity index (χ0) is 13.2. The number of nitrogens with two attached hydrogens (primary N) is 1. The highest BCUT2D eigenvalue weighted by molar-refractivity contribution is 6.04. The maximum absolute atomic E-state index is 12.2. The zero-order valence-electron chi connectivity index (χ0n) is 10.6. The van der Waals surface area contributed by atoms with Crippen LogP contribution < -0.4 is 10.6 Å². The average molecular weight is 252 g/mol. The van der Waals surface area contributed by atoms with Crippen molar-refractivity contribution < 1.29 is 4.79 Å². The molecule has 0 spiro atoms. The molecule has 0 bridgehead atoms. The Morgan fingerprint density at radius 3 is 2.47 bits per heavy atom. The second kappa shape index (κ2) is 4.86. The number of hydrogen-bond donors (Lipinski definition) is 1. The Morgan fingerprint density at radius 1 is 1.00 bits per heavy atom. The summed E-state index contributed by atoms with van der Waals surface area (Å²) in [6.07, 6.45) is 0.841. The van der Waals surface area contributed by atoms with Crippen LogP contribution in [0.4, 0.5) is 5.69 Å². The average Bonchev–Trinajstić information content (AvgIpc) is 2.71. The Morgan fingerprint density at radius 2 is 1.68 bits per heavy atom. The normalized spacial score (nSPS) is 17.6. The minimum atomic E-state index is -0.507. The van der Waals surface area contributed by atoms with Gasteiger partial charge in [-0.3, -0.25) is 4.79 Å². The number of benzene rings is 2. The van der Waals surface area contributed by atoms with E-state index in [1.807, 2.05) is 42.5 Å². The minimum Gasteiger partial charge on any atom is -0.316 e. The molecule has 0 unspecified atom stereocenters. The number of anilines is 1. The van der Waals surface area contributed by atoms with Crippen molar-refractivity contribution in [3.8, 4) is 0 Å². The summed E-state index contributed by atoms with van der Waals surface area (Å²) in [5.41, 5.74) is 9.07. The fourth-order valence-electron chi connectivity index (χ4n) is 2.53. The van der Waals surface area contributed by atoms with Gasteiger partial charge in [0.25, 0.3) is 0 Å². The molecule has 3 heteroatoms. The maximum Gasteiger partial charge on any atom is 0.248 e. The fraction of sp³-hybridized carbons (Fsp3) is 0.188. The predicted octanol–water partition coefficient (Wildman–Crippen LogP) is 2.28. The first-order valence-corrected chi connectivity index (χ1v) is 6.47. The van der Waals surface area contributed by atoms with E-state index in [-0.39, 0.29) is 5.91 Å². The van der Waals surface area contributed by atoms with Gasteiger partial charge in [0.15, 0.2) is 0 Å². The van der Waals surface area contributed by atoms with Crippen molar-refractivity contribution in [3.05, 3.63) is 65.7 Å². The molecule has 1 amide bonds. The lowest BCUT2D eigenvalue weighted by Gasteiger charge is -2.17. The van der Waals surface area contributed by atoms with E-state index in [1.54, 1.807) is 4.90 Å². The molecule has 2 N–H and O–H groups in total. The largest absolute Gasteiger partial charge is 0.316 e. The third kappa shape index (κ3) is 2.13. The van der Waals surface area contributed by atoms with Crippen LogP contribution in [0.5, 0.6) is 0 Å². The van der Waals surface area contributed by atoms with Gasteiger partial charge in [-0.15, -0.1) is 0 Å². The SMILES string of the molecule is N[C@@H]1C(=O)N(CCc2ccccc2)c2ccccc21. The van der Waals surface area contributed by atoms with Gasteiger partial charge in [0, 0.05) is 17.8 Å². The van der Waals surface area contributed by atoms with Crippen LogP contribution in [0.2, 0.25) is 0 Å². The van der Waals surface area contributed by atoms with Gasteiger partial charge in [0.05, 0.1) is 0 Å². The van der Waals surface area contributed by atoms with Gasteiger partial charge in [-0.1, -0.05) is 48.5 Å². The van der Waals surface area contributed by atoms with Crippen LogP contribution in [0, 0.1) is 0 Å². The van der Waals surface area contributed by atoms with Crippen molar-refractivity contribution in [1.82, 2.24) is 0 Å². The topological polar surface area (TPSA) is 46.3 Å². The predicted molar refractivity (Wildman–Crippen MR) is 75.9 cm³/mol. The van der Waals surface area contributed by atoms with Gasteiger partial charge in [-0.25, -0.2) is 0 Å². The van der Waals surface area contributed by atoms with Crippen molar-refractivity contribution in [2.24, 2.45) is 5.73 Å². The molecule has 19 heavy (non-hydrogen) atoms. The zero-order valence-corrected chi connectivity index (χ0v) is 10.6. The molecule has 2 aromatic rings. The second-order valence-corrected chi connectivity index (χ2v) is 4.76. The summed E-state index contributed by atoms with van der Waals surface area (Å²) in [5, 5.41) is 0. The monoisotopic (exact) mass is 252 g/mol. The Balaban J connectivity index is 1.80. The van der Waals surface area contributed by atoms with Crippen LogP contribution in [-0.4, -0.2) is 12.5 Å². The number of hydrogen-bond acceptors (Lipinski definition) is 2. The molecule has 1 atom stereocenters. The van der Waals surface area contributed by atoms with E-state index in [9.17, 15) is 4.79 Å². The van der Waals surface area contributed by atoms with Crippen LogP contribution >= 0.6 is 0 Å². The molecular formula is C16H16N2O. The first kappa shape index (κ1) is 11.9. The van der Waals surface area contributed by atoms with E-state index in [2.05, 4.69) is 12.1 Å². The lowest BCUT2D eigenvalue weighted by molar-refractivity contribution is -0.119. The van der Waals surface area contributed by atoms with E-state index < -0.39 is 6.04 Å². The standard InChI is InChI=1S/C16H16N2O/c17-15-13-8-4-5-9-14(13)18(16(15)19)11-10-12-6-2-1-3-7-12/h1-9,15H,10-11,17H2/t15-/m0/s1. The number of para-hydroxylation sites is 1. The first-order chi connectivity index (χ1) is 9.27. The summed E-state index contributed by atoms with van der Waals surface area (Å²) in [4.78, 5) is 14.0. The molecule has 1 heterocycles. The summed E-state index contributed by atoms with van der Waals surface area (Å²) >= 11 is 0. The van der Waals surface area contributed by atoms with Crippen LogP contribution in [0.25, 0.3) is 0 Å². The van der Waals surface area contributed by atoms with E-state index in [1.165, 1.54) is 5.56 Å². The third-order valence-corrected chi connectivity index (χ3v) is 3.56. The molecule has 0 saturated carbocycles. The van der Waals surface area contributed by atoms with Gasteiger partial charge >= 0.3 is 0 Å². The Bertz CT molecular complexity index is 595. The summed E-state index contributed by atoms with van der Waals surface area (Å²) < 4.78 is 0. The number of amides is 1. The molecule has 3 nitrogen and oxygen atoms in total. The summed E-state index contributed by atoms with van der Waals surface area (Å²) in [6.45, 7) is 0.674. The molecule has 0 aromatic heterocycles. The maximum atomic E-state index is 12.2. The molecular weight excluding hydrogens is 236 g/mol. The van der Waals surface area contributed by atoms with Gasteiger partial charge in [-0.05, 0) is 18.1 Å². The highest BCUT2D eigenvalue weighted by atomic mass is 16.2. The van der Waals surface area contributed by atoms with Crippen LogP contribution in [-0.2, 0) is 11.2 Å². The van der Waals surface area contributed by atoms with E-state index in [0.29, 0.717) is 6.54 Å². The quantitative estimate of drug-likeness (QED) is 0.911. The van der Waals surface area contributed by atoms with Crippen LogP contribution in [0.3, 0.4) is 0 Å². The number of carbonyl (C=O) groups is 1. The molecule has 0 saturated heterocycles. The van der Waals surface area contributed by atoms with E-state index in [4.69, 9.17) is 5.73 Å². The second-order valence-electron chi connectivity index (χ2n) is 4.76. The van der Waals surface area contributed by atoms with Gasteiger partial charge in [0.1, 0.15) is 6.04 Å². The summed E-state index contributed by atoms with van der Waals surface area (Å²) in [7, 11) is 0. The molecule has 1 aliphatic rings. The minimum absolute atomic E-state index is 0.00266. The number of fused-ring (bicyclic) bond motifs is 1. The highest BCUT2D eigenvalue weighted by Crippen LogP contribution is 2.34. The van der Waals surface area contributed by atoms with Gasteiger partial charge in [-0.2, -0.15) is 0 Å². The summed E-state index contributed by atoms with van der Waals surface area (Å²) in [5.74, 6) is -0.00266. The lowest BCUT2D eigenvalue weighted by atomic mass is 10.1. The van der Waals surface area contributed by atoms with Crippen LogP contribution in [0.1, 0.15) is 17.2 Å². The van der Waals surface area contributed by atoms with Crippen molar-refractivity contribution in [2.75, 3.05) is 11.4 Å². The van der Waals surface area contributed by atoms with Gasteiger partial charge in [0.2, 0.25) is 5.91 Å². The molecule has 0 aliphatic carbocycles. The fourth-order valence-corrected chi connectivity index (χ4v) is 2.53. The summed E-state index contributed by atoms with van der Waals surface area (Å²) in [6, 6.07) is 17.4. The van der Waals surface area contributed by atoms with Crippen molar-refractivity contribution in [1.29, 1.82) is 0 Å². The Labute approximate surface area is 112 Å². The molecule has 0 radical (unpaired) electrons. The molecule has 0 fully saturated rings. The van der Waals surface area contributed by atoms with Crippen molar-refractivity contribution >= 4 is 11.6 Å². The molecule has 3 rings (SSSR count). The lowest BCUT2D eigenvalue weighted by Crippen LogP contribution is -2.33.